The van der Waals surface area contributed by atoms with Crippen LogP contribution in [0.4, 0.5) is 26.3 Å². The van der Waals surface area contributed by atoms with Gasteiger partial charge >= 0.3 is 24.2 Å². The van der Waals surface area contributed by atoms with Crippen LogP contribution in [0.5, 0.6) is 0 Å². The average molecular weight is 338 g/mol. The monoisotopic (exact) mass is 338 g/mol. The van der Waals surface area contributed by atoms with Crippen LogP contribution in [0.3, 0.4) is 0 Å². The van der Waals surface area contributed by atoms with Gasteiger partial charge in [0.15, 0.2) is 0 Å². The number of quaternary nitrogens is 1. The van der Waals surface area contributed by atoms with Crippen molar-refractivity contribution in [3.8, 4) is 0 Å². The molecule has 0 heterocycles. The second kappa shape index (κ2) is 9.49. The third-order valence-electron chi connectivity index (χ3n) is 2.51. The zero-order valence-corrected chi connectivity index (χ0v) is 11.6. The van der Waals surface area contributed by atoms with Gasteiger partial charge in [-0.25, -0.2) is 0 Å². The number of amides is 2. The normalized spacial score (nSPS) is 12.1. The minimum Gasteiger partial charge on any atom is -0.348 e. The summed E-state index contributed by atoms with van der Waals surface area (Å²) in [6, 6.07) is 0. The van der Waals surface area contributed by atoms with E-state index >= 15 is 0 Å². The molecule has 0 bridgehead atoms. The predicted octanol–water partition coefficient (Wildman–Crippen LogP) is 0.0771. The Morgan fingerprint density at radius 2 is 1.14 bits per heavy atom. The molecule has 0 saturated heterocycles. The SMILES string of the molecule is O=C(NCCCC[NH2+]CCCNC(=O)C(F)(F)F)C(F)(F)F. The zero-order valence-electron chi connectivity index (χ0n) is 11.6. The Labute approximate surface area is 122 Å². The number of hydrogen-bond acceptors (Lipinski definition) is 2. The molecule has 0 aliphatic carbocycles. The fraction of sp³-hybridized carbons (Fsp3) is 0.818. The summed E-state index contributed by atoms with van der Waals surface area (Å²) in [5.74, 6) is -3.95. The van der Waals surface area contributed by atoms with E-state index in [1.165, 1.54) is 0 Å². The Morgan fingerprint density at radius 1 is 0.727 bits per heavy atom. The standard InChI is InChI=1S/C11H17F6N3O2/c12-10(13,14)8(21)19-6-2-1-4-18-5-3-7-20-9(22)11(15,16)17/h18H,1-7H2,(H,19,21)(H,20,22)/p+1. The number of carbonyl (C=O) groups is 2. The van der Waals surface area contributed by atoms with Crippen LogP contribution in [0.15, 0.2) is 0 Å². The van der Waals surface area contributed by atoms with Crippen LogP contribution < -0.4 is 16.0 Å². The molecule has 11 heteroatoms. The minimum atomic E-state index is -4.88. The molecule has 2 amide bonds. The number of nitrogens with two attached hydrogens (primary N) is 1. The van der Waals surface area contributed by atoms with Gasteiger partial charge in [0.05, 0.1) is 13.1 Å². The number of rotatable bonds is 9. The maximum atomic E-state index is 11.8. The van der Waals surface area contributed by atoms with Gasteiger partial charge < -0.3 is 16.0 Å². The first kappa shape index (κ1) is 20.5. The summed E-state index contributed by atoms with van der Waals surface area (Å²) in [6.07, 6.45) is -8.51. The molecule has 0 fully saturated rings. The minimum absolute atomic E-state index is 0.0895. The van der Waals surface area contributed by atoms with Gasteiger partial charge in [-0.15, -0.1) is 0 Å². The highest BCUT2D eigenvalue weighted by molar-refractivity contribution is 5.81. The van der Waals surface area contributed by atoms with Gasteiger partial charge in [-0.2, -0.15) is 26.3 Å². The van der Waals surface area contributed by atoms with Gasteiger partial charge in [0.25, 0.3) is 0 Å². The van der Waals surface area contributed by atoms with Crippen LogP contribution in [0.2, 0.25) is 0 Å². The third kappa shape index (κ3) is 10.2. The van der Waals surface area contributed by atoms with Crippen molar-refractivity contribution in [2.24, 2.45) is 0 Å². The highest BCUT2D eigenvalue weighted by Gasteiger charge is 2.38. The van der Waals surface area contributed by atoms with E-state index in [1.54, 1.807) is 16.0 Å². The first-order valence-electron chi connectivity index (χ1n) is 6.57. The van der Waals surface area contributed by atoms with Crippen LogP contribution >= 0.6 is 0 Å². The quantitative estimate of drug-likeness (QED) is 0.411. The van der Waals surface area contributed by atoms with Crippen LogP contribution in [0, 0.1) is 0 Å². The fourth-order valence-corrected chi connectivity index (χ4v) is 1.41. The Kier molecular flexibility index (Phi) is 8.83. The summed E-state index contributed by atoms with van der Waals surface area (Å²) < 4.78 is 70.9. The first-order valence-corrected chi connectivity index (χ1v) is 6.57. The number of carbonyl (C=O) groups excluding carboxylic acids is 2. The molecule has 5 nitrogen and oxygen atoms in total. The second-order valence-corrected chi connectivity index (χ2v) is 4.43. The lowest BCUT2D eigenvalue weighted by atomic mass is 10.3. The average Bonchev–Trinajstić information content (AvgIpc) is 2.38. The van der Waals surface area contributed by atoms with Crippen molar-refractivity contribution >= 4 is 11.8 Å². The molecule has 0 atom stereocenters. The summed E-state index contributed by atoms with van der Waals surface area (Å²) in [7, 11) is 0. The van der Waals surface area contributed by atoms with Gasteiger partial charge in [-0.1, -0.05) is 0 Å². The molecule has 0 spiro atoms. The summed E-state index contributed by atoms with van der Waals surface area (Å²) in [5, 5.41) is 5.22. The van der Waals surface area contributed by atoms with Crippen molar-refractivity contribution in [3.63, 3.8) is 0 Å². The molecular formula is C11H18F6N3O2+. The maximum Gasteiger partial charge on any atom is 0.471 e. The topological polar surface area (TPSA) is 74.8 Å². The van der Waals surface area contributed by atoms with Crippen LogP contribution in [0.1, 0.15) is 19.3 Å². The van der Waals surface area contributed by atoms with Crippen LogP contribution in [-0.2, 0) is 9.59 Å². The molecule has 0 aliphatic heterocycles. The molecule has 0 aromatic carbocycles. The van der Waals surface area contributed by atoms with Gasteiger partial charge in [-0.05, 0) is 12.8 Å². The summed E-state index contributed by atoms with van der Waals surface area (Å²) in [4.78, 5) is 20.9. The number of nitrogens with one attached hydrogen (secondary N) is 2. The number of hydrogen-bond donors (Lipinski definition) is 3. The van der Waals surface area contributed by atoms with E-state index in [-0.39, 0.29) is 13.1 Å². The number of alkyl halides is 6. The molecule has 0 saturated carbocycles. The van der Waals surface area contributed by atoms with E-state index in [4.69, 9.17) is 0 Å². The molecular weight excluding hydrogens is 320 g/mol. The second-order valence-electron chi connectivity index (χ2n) is 4.43. The molecule has 4 N–H and O–H groups in total. The molecule has 0 rings (SSSR count). The van der Waals surface area contributed by atoms with E-state index in [0.717, 1.165) is 0 Å². The molecule has 0 aromatic rings. The fourth-order valence-electron chi connectivity index (χ4n) is 1.41. The molecule has 0 radical (unpaired) electrons. The third-order valence-corrected chi connectivity index (χ3v) is 2.51. The Hall–Kier alpha value is -1.52. The molecule has 0 aliphatic rings. The van der Waals surface area contributed by atoms with Crippen molar-refractivity contribution in [1.82, 2.24) is 10.6 Å². The maximum absolute atomic E-state index is 11.8. The van der Waals surface area contributed by atoms with E-state index in [1.807, 2.05) is 0 Å². The number of unbranched alkanes of at least 4 members (excludes halogenated alkanes) is 1. The smallest absolute Gasteiger partial charge is 0.348 e. The number of halogens is 6. The predicted molar refractivity (Wildman–Crippen MR) is 63.6 cm³/mol. The van der Waals surface area contributed by atoms with Crippen LogP contribution in [-0.4, -0.2) is 50.3 Å². The van der Waals surface area contributed by atoms with Gasteiger partial charge in [-0.3, -0.25) is 9.59 Å². The zero-order chi connectivity index (χ0) is 17.2. The van der Waals surface area contributed by atoms with Gasteiger partial charge in [0, 0.05) is 19.5 Å². The highest BCUT2D eigenvalue weighted by atomic mass is 19.4. The van der Waals surface area contributed by atoms with Gasteiger partial charge in [0.2, 0.25) is 0 Å². The van der Waals surface area contributed by atoms with Crippen molar-refractivity contribution in [3.05, 3.63) is 0 Å². The lowest BCUT2D eigenvalue weighted by Gasteiger charge is -2.08. The Bertz CT molecular complexity index is 323. The Morgan fingerprint density at radius 3 is 1.59 bits per heavy atom. The molecule has 0 unspecified atom stereocenters. The largest absolute Gasteiger partial charge is 0.471 e. The Balaban J connectivity index is 3.38. The summed E-state index contributed by atoms with van der Waals surface area (Å²) in [5.41, 5.74) is 0. The van der Waals surface area contributed by atoms with Gasteiger partial charge in [0.1, 0.15) is 0 Å². The van der Waals surface area contributed by atoms with Crippen LogP contribution in [0.25, 0.3) is 0 Å². The first-order chi connectivity index (χ1) is 10.0. The highest BCUT2D eigenvalue weighted by Crippen LogP contribution is 2.14. The molecule has 0 aromatic heterocycles. The van der Waals surface area contributed by atoms with Crippen molar-refractivity contribution in [2.45, 2.75) is 31.6 Å². The lowest BCUT2D eigenvalue weighted by molar-refractivity contribution is -0.655. The van der Waals surface area contributed by atoms with Crippen molar-refractivity contribution in [1.29, 1.82) is 0 Å². The van der Waals surface area contributed by atoms with E-state index in [9.17, 15) is 35.9 Å². The lowest BCUT2D eigenvalue weighted by Crippen LogP contribution is -2.84. The van der Waals surface area contributed by atoms with E-state index in [2.05, 4.69) is 0 Å². The summed E-state index contributed by atoms with van der Waals surface area (Å²) in [6.45, 7) is 0.854. The van der Waals surface area contributed by atoms with Crippen molar-refractivity contribution in [2.75, 3.05) is 26.2 Å². The molecule has 22 heavy (non-hydrogen) atoms. The van der Waals surface area contributed by atoms with E-state index in [0.29, 0.717) is 32.4 Å². The van der Waals surface area contributed by atoms with E-state index < -0.39 is 24.2 Å². The van der Waals surface area contributed by atoms with Crippen molar-refractivity contribution < 1.29 is 41.2 Å². The molecule has 130 valence electrons. The summed E-state index contributed by atoms with van der Waals surface area (Å²) >= 11 is 0.